The minimum absolute atomic E-state index is 0.154. The number of unbranched alkanes of at least 4 members (excludes halogenated alkanes) is 2. The Bertz CT molecular complexity index is 327. The molecule has 0 amide bonds. The van der Waals surface area contributed by atoms with Crippen LogP contribution in [0.25, 0.3) is 0 Å². The van der Waals surface area contributed by atoms with Crippen molar-refractivity contribution in [2.24, 2.45) is 5.92 Å². The Hall–Kier alpha value is -0.210. The zero-order chi connectivity index (χ0) is 14.1. The Balaban J connectivity index is 2.21. The summed E-state index contributed by atoms with van der Waals surface area (Å²) in [5, 5.41) is 9.03. The zero-order valence-electron chi connectivity index (χ0n) is 11.7. The highest BCUT2D eigenvalue weighted by molar-refractivity contribution is 7.87. The van der Waals surface area contributed by atoms with Crippen molar-refractivity contribution in [2.75, 3.05) is 40.0 Å². The molecular formula is C12H26N2O4S. The van der Waals surface area contributed by atoms with E-state index in [1.807, 2.05) is 0 Å². The standard InChI is InChI=1S/C12H26N2O4S/c1-18-10-4-2-3-7-13-19(16,17)14-8-5-12(11-15)6-9-14/h12-13,15H,2-11H2,1H3. The summed E-state index contributed by atoms with van der Waals surface area (Å²) in [6.07, 6.45) is 4.23. The molecule has 1 aliphatic heterocycles. The molecular weight excluding hydrogens is 268 g/mol. The van der Waals surface area contributed by atoms with Gasteiger partial charge in [0, 0.05) is 40.0 Å². The van der Waals surface area contributed by atoms with Crippen molar-refractivity contribution in [1.29, 1.82) is 0 Å². The Morgan fingerprint density at radius 2 is 1.95 bits per heavy atom. The fourth-order valence-corrected chi connectivity index (χ4v) is 3.45. The van der Waals surface area contributed by atoms with Gasteiger partial charge in [-0.3, -0.25) is 0 Å². The maximum absolute atomic E-state index is 12.0. The van der Waals surface area contributed by atoms with Gasteiger partial charge in [0.05, 0.1) is 0 Å². The van der Waals surface area contributed by atoms with Crippen molar-refractivity contribution >= 4 is 10.2 Å². The summed E-state index contributed by atoms with van der Waals surface area (Å²) in [6, 6.07) is 0. The zero-order valence-corrected chi connectivity index (χ0v) is 12.5. The molecule has 0 radical (unpaired) electrons. The van der Waals surface area contributed by atoms with Gasteiger partial charge >= 0.3 is 0 Å². The Morgan fingerprint density at radius 1 is 1.26 bits per heavy atom. The second kappa shape index (κ2) is 8.86. The normalized spacial score (nSPS) is 18.8. The first kappa shape index (κ1) is 16.8. The van der Waals surface area contributed by atoms with E-state index in [4.69, 9.17) is 9.84 Å². The fourth-order valence-electron chi connectivity index (χ4n) is 2.17. The highest BCUT2D eigenvalue weighted by Gasteiger charge is 2.26. The summed E-state index contributed by atoms with van der Waals surface area (Å²) < 4.78 is 33.0. The summed E-state index contributed by atoms with van der Waals surface area (Å²) in [5.74, 6) is 0.250. The predicted octanol–water partition coefficient (Wildman–Crippen LogP) is 0.342. The molecule has 0 aromatic heterocycles. The summed E-state index contributed by atoms with van der Waals surface area (Å²) in [4.78, 5) is 0. The van der Waals surface area contributed by atoms with E-state index < -0.39 is 10.2 Å². The van der Waals surface area contributed by atoms with E-state index in [0.717, 1.165) is 38.7 Å². The average molecular weight is 294 g/mol. The van der Waals surface area contributed by atoms with Gasteiger partial charge in [-0.15, -0.1) is 0 Å². The van der Waals surface area contributed by atoms with Crippen molar-refractivity contribution in [1.82, 2.24) is 9.03 Å². The molecule has 0 aromatic carbocycles. The first-order valence-electron chi connectivity index (χ1n) is 6.94. The summed E-state index contributed by atoms with van der Waals surface area (Å²) in [6.45, 7) is 2.36. The highest BCUT2D eigenvalue weighted by atomic mass is 32.2. The van der Waals surface area contributed by atoms with Crippen LogP contribution >= 0.6 is 0 Å². The van der Waals surface area contributed by atoms with Gasteiger partial charge in [0.25, 0.3) is 10.2 Å². The Labute approximate surface area is 116 Å². The minimum atomic E-state index is -3.34. The number of aliphatic hydroxyl groups excluding tert-OH is 1. The lowest BCUT2D eigenvalue weighted by Crippen LogP contribution is -2.45. The molecule has 1 heterocycles. The molecule has 0 atom stereocenters. The highest BCUT2D eigenvalue weighted by Crippen LogP contribution is 2.18. The Morgan fingerprint density at radius 3 is 2.53 bits per heavy atom. The molecule has 0 aromatic rings. The number of hydrogen-bond acceptors (Lipinski definition) is 4. The number of piperidine rings is 1. The van der Waals surface area contributed by atoms with E-state index in [9.17, 15) is 8.42 Å². The van der Waals surface area contributed by atoms with Crippen molar-refractivity contribution in [2.45, 2.75) is 32.1 Å². The van der Waals surface area contributed by atoms with Crippen molar-refractivity contribution < 1.29 is 18.3 Å². The molecule has 0 unspecified atom stereocenters. The summed E-state index contributed by atoms with van der Waals surface area (Å²) in [7, 11) is -1.67. The van der Waals surface area contributed by atoms with Crippen LogP contribution in [-0.2, 0) is 14.9 Å². The fraction of sp³-hybridized carbons (Fsp3) is 1.00. The van der Waals surface area contributed by atoms with Crippen LogP contribution in [0.5, 0.6) is 0 Å². The molecule has 0 aliphatic carbocycles. The molecule has 0 bridgehead atoms. The topological polar surface area (TPSA) is 78.9 Å². The van der Waals surface area contributed by atoms with Crippen LogP contribution in [0.4, 0.5) is 0 Å². The lowest BCUT2D eigenvalue weighted by molar-refractivity contribution is 0.169. The maximum Gasteiger partial charge on any atom is 0.279 e. The second-order valence-electron chi connectivity index (χ2n) is 4.98. The van der Waals surface area contributed by atoms with Crippen LogP contribution in [-0.4, -0.2) is 57.8 Å². The molecule has 1 saturated heterocycles. The van der Waals surface area contributed by atoms with E-state index in [0.29, 0.717) is 19.6 Å². The number of aliphatic hydroxyl groups is 1. The average Bonchev–Trinajstić information content (AvgIpc) is 2.43. The molecule has 19 heavy (non-hydrogen) atoms. The first-order chi connectivity index (χ1) is 9.10. The molecule has 114 valence electrons. The second-order valence-corrected chi connectivity index (χ2v) is 6.73. The summed E-state index contributed by atoms with van der Waals surface area (Å²) >= 11 is 0. The van der Waals surface area contributed by atoms with Gasteiger partial charge in [-0.2, -0.15) is 12.7 Å². The third-order valence-corrected chi connectivity index (χ3v) is 5.10. The first-order valence-corrected chi connectivity index (χ1v) is 8.38. The number of rotatable bonds is 9. The number of nitrogens with zero attached hydrogens (tertiary/aromatic N) is 1. The lowest BCUT2D eigenvalue weighted by Gasteiger charge is -2.30. The van der Waals surface area contributed by atoms with E-state index in [-0.39, 0.29) is 12.5 Å². The van der Waals surface area contributed by atoms with Gasteiger partial charge < -0.3 is 9.84 Å². The van der Waals surface area contributed by atoms with Crippen molar-refractivity contribution in [3.05, 3.63) is 0 Å². The van der Waals surface area contributed by atoms with Crippen molar-refractivity contribution in [3.63, 3.8) is 0 Å². The predicted molar refractivity (Wildman–Crippen MR) is 74.0 cm³/mol. The van der Waals surface area contributed by atoms with E-state index in [2.05, 4.69) is 4.72 Å². The minimum Gasteiger partial charge on any atom is -0.396 e. The number of methoxy groups -OCH3 is 1. The van der Waals surface area contributed by atoms with E-state index in [1.165, 1.54) is 4.31 Å². The van der Waals surface area contributed by atoms with Crippen LogP contribution in [0.1, 0.15) is 32.1 Å². The van der Waals surface area contributed by atoms with Gasteiger partial charge in [-0.1, -0.05) is 0 Å². The number of nitrogens with one attached hydrogen (secondary N) is 1. The Kier molecular flexibility index (Phi) is 7.86. The lowest BCUT2D eigenvalue weighted by atomic mass is 10.00. The van der Waals surface area contributed by atoms with E-state index in [1.54, 1.807) is 7.11 Å². The van der Waals surface area contributed by atoms with Gasteiger partial charge in [0.2, 0.25) is 0 Å². The maximum atomic E-state index is 12.0. The SMILES string of the molecule is COCCCCCNS(=O)(=O)N1CCC(CO)CC1. The smallest absolute Gasteiger partial charge is 0.279 e. The molecule has 6 nitrogen and oxygen atoms in total. The van der Waals surface area contributed by atoms with Crippen LogP contribution in [0.3, 0.4) is 0 Å². The molecule has 1 aliphatic rings. The number of ether oxygens (including phenoxy) is 1. The third kappa shape index (κ3) is 6.18. The quantitative estimate of drug-likeness (QED) is 0.601. The van der Waals surface area contributed by atoms with Gasteiger partial charge in [-0.05, 0) is 38.0 Å². The molecule has 1 fully saturated rings. The molecule has 2 N–H and O–H groups in total. The van der Waals surface area contributed by atoms with Crippen LogP contribution in [0.2, 0.25) is 0 Å². The number of hydrogen-bond donors (Lipinski definition) is 2. The molecule has 1 rings (SSSR count). The molecule has 0 saturated carbocycles. The molecule has 7 heteroatoms. The van der Waals surface area contributed by atoms with Crippen molar-refractivity contribution in [3.8, 4) is 0 Å². The largest absolute Gasteiger partial charge is 0.396 e. The third-order valence-electron chi connectivity index (χ3n) is 3.48. The summed E-state index contributed by atoms with van der Waals surface area (Å²) in [5.41, 5.74) is 0. The van der Waals surface area contributed by atoms with Gasteiger partial charge in [0.15, 0.2) is 0 Å². The van der Waals surface area contributed by atoms with Crippen LogP contribution in [0.15, 0.2) is 0 Å². The van der Waals surface area contributed by atoms with E-state index >= 15 is 0 Å². The van der Waals surface area contributed by atoms with Crippen LogP contribution in [0, 0.1) is 5.92 Å². The monoisotopic (exact) mass is 294 g/mol. The van der Waals surface area contributed by atoms with Crippen LogP contribution < -0.4 is 4.72 Å². The van der Waals surface area contributed by atoms with Gasteiger partial charge in [0.1, 0.15) is 0 Å². The molecule has 0 spiro atoms. The van der Waals surface area contributed by atoms with Gasteiger partial charge in [-0.25, -0.2) is 4.72 Å².